The van der Waals surface area contributed by atoms with Gasteiger partial charge >= 0.3 is 0 Å². The number of hydrogen-bond donors (Lipinski definition) is 4. The van der Waals surface area contributed by atoms with Gasteiger partial charge in [-0.15, -0.1) is 0 Å². The molecule has 0 aliphatic carbocycles. The predicted molar refractivity (Wildman–Crippen MR) is 93.0 cm³/mol. The SMILES string of the molecule is OC[C@H]1O[C@@H](Cn2cnc3c(NC4CC5CCC4O5)ncnc32)[C@H](O)[C@@H]1O. The van der Waals surface area contributed by atoms with E-state index in [1.165, 1.54) is 6.33 Å². The Kier molecular flexibility index (Phi) is 4.25. The van der Waals surface area contributed by atoms with E-state index in [0.29, 0.717) is 23.1 Å². The zero-order chi connectivity index (χ0) is 18.5. The number of hydrogen-bond acceptors (Lipinski definition) is 9. The summed E-state index contributed by atoms with van der Waals surface area (Å²) in [5, 5.41) is 32.8. The molecule has 0 spiro atoms. The summed E-state index contributed by atoms with van der Waals surface area (Å²) in [6, 6.07) is 0.229. The maximum atomic E-state index is 10.2. The van der Waals surface area contributed by atoms with Crippen molar-refractivity contribution >= 4 is 17.0 Å². The van der Waals surface area contributed by atoms with Crippen molar-refractivity contribution in [3.63, 3.8) is 0 Å². The third-order valence-electron chi connectivity index (χ3n) is 5.85. The van der Waals surface area contributed by atoms with Crippen LogP contribution in [0.3, 0.4) is 0 Å². The van der Waals surface area contributed by atoms with Crippen molar-refractivity contribution in [3.05, 3.63) is 12.7 Å². The molecule has 0 aromatic carbocycles. The zero-order valence-electron chi connectivity index (χ0n) is 14.7. The summed E-state index contributed by atoms with van der Waals surface area (Å²) in [7, 11) is 0. The topological polar surface area (TPSA) is 135 Å². The number of nitrogens with one attached hydrogen (secondary N) is 1. The monoisotopic (exact) mass is 377 g/mol. The van der Waals surface area contributed by atoms with Gasteiger partial charge in [0.05, 0.1) is 37.7 Å². The first-order valence-electron chi connectivity index (χ1n) is 9.34. The van der Waals surface area contributed by atoms with Crippen LogP contribution >= 0.6 is 0 Å². The van der Waals surface area contributed by atoms with Gasteiger partial charge in [0.25, 0.3) is 0 Å². The van der Waals surface area contributed by atoms with Crippen LogP contribution in [0.5, 0.6) is 0 Å². The largest absolute Gasteiger partial charge is 0.394 e. The number of aliphatic hydroxyl groups excluding tert-OH is 3. The van der Waals surface area contributed by atoms with Gasteiger partial charge in [0, 0.05) is 0 Å². The summed E-state index contributed by atoms with van der Waals surface area (Å²) in [4.78, 5) is 13.1. The predicted octanol–water partition coefficient (Wildman–Crippen LogP) is -0.960. The van der Waals surface area contributed by atoms with E-state index in [4.69, 9.17) is 9.47 Å². The van der Waals surface area contributed by atoms with E-state index in [9.17, 15) is 15.3 Å². The summed E-state index contributed by atoms with van der Waals surface area (Å²) in [5.41, 5.74) is 1.27. The number of aromatic nitrogens is 4. The molecule has 10 nitrogen and oxygen atoms in total. The Morgan fingerprint density at radius 1 is 1.11 bits per heavy atom. The van der Waals surface area contributed by atoms with Crippen LogP contribution in [0.15, 0.2) is 12.7 Å². The number of ether oxygens (including phenoxy) is 2. The van der Waals surface area contributed by atoms with E-state index < -0.39 is 24.4 Å². The van der Waals surface area contributed by atoms with Gasteiger partial charge in [-0.1, -0.05) is 0 Å². The fourth-order valence-electron chi connectivity index (χ4n) is 4.41. The smallest absolute Gasteiger partial charge is 0.165 e. The van der Waals surface area contributed by atoms with Gasteiger partial charge in [-0.3, -0.25) is 0 Å². The highest BCUT2D eigenvalue weighted by Gasteiger charge is 2.43. The Hall–Kier alpha value is -1.85. The first kappa shape index (κ1) is 17.3. The second-order valence-corrected chi connectivity index (χ2v) is 7.53. The molecule has 7 atom stereocenters. The van der Waals surface area contributed by atoms with Crippen molar-refractivity contribution in [2.45, 2.75) is 68.5 Å². The minimum Gasteiger partial charge on any atom is -0.394 e. The maximum absolute atomic E-state index is 10.2. The van der Waals surface area contributed by atoms with Crippen LogP contribution in [-0.2, 0) is 16.0 Å². The van der Waals surface area contributed by atoms with Crippen LogP contribution in [0, 0.1) is 0 Å². The summed E-state index contributed by atoms with van der Waals surface area (Å²) < 4.78 is 13.2. The highest BCUT2D eigenvalue weighted by atomic mass is 16.6. The molecule has 27 heavy (non-hydrogen) atoms. The average Bonchev–Trinajstić information content (AvgIpc) is 3.44. The van der Waals surface area contributed by atoms with E-state index >= 15 is 0 Å². The molecule has 5 rings (SSSR count). The summed E-state index contributed by atoms with van der Waals surface area (Å²) in [6.07, 6.45) is 3.20. The molecule has 3 fully saturated rings. The Labute approximate surface area is 155 Å². The van der Waals surface area contributed by atoms with E-state index in [0.717, 1.165) is 19.3 Å². The Morgan fingerprint density at radius 3 is 2.67 bits per heavy atom. The standard InChI is InChI=1S/C17H23N5O5/c23-5-12-15(25)14(24)11(27-12)4-22-7-20-13-16(18-6-19-17(13)22)21-9-3-8-1-2-10(9)26-8/h6-12,14-15,23-25H,1-5H2,(H,18,19,21)/t8?,9?,10?,11-,12+,14-,15+/m0/s1. The van der Waals surface area contributed by atoms with Crippen molar-refractivity contribution < 1.29 is 24.8 Å². The van der Waals surface area contributed by atoms with E-state index in [1.54, 1.807) is 10.9 Å². The van der Waals surface area contributed by atoms with Crippen LogP contribution in [0.1, 0.15) is 19.3 Å². The molecule has 2 bridgehead atoms. The van der Waals surface area contributed by atoms with Crippen LogP contribution in [-0.4, -0.2) is 84.1 Å². The Bertz CT molecular complexity index is 831. The molecule has 0 amide bonds. The number of nitrogens with zero attached hydrogens (tertiary/aromatic N) is 4. The number of anilines is 1. The lowest BCUT2D eigenvalue weighted by Crippen LogP contribution is -2.35. The lowest BCUT2D eigenvalue weighted by Gasteiger charge is -2.20. The lowest BCUT2D eigenvalue weighted by atomic mass is 9.95. The second kappa shape index (κ2) is 6.64. The first-order chi connectivity index (χ1) is 13.1. The van der Waals surface area contributed by atoms with Gasteiger partial charge < -0.3 is 34.7 Å². The van der Waals surface area contributed by atoms with Gasteiger partial charge in [-0.05, 0) is 19.3 Å². The molecule has 0 radical (unpaired) electrons. The molecule has 4 N–H and O–H groups in total. The molecular weight excluding hydrogens is 354 g/mol. The summed E-state index contributed by atoms with van der Waals surface area (Å²) in [6.45, 7) is -0.0832. The molecule has 2 aromatic heterocycles. The average molecular weight is 377 g/mol. The fraction of sp³-hybridized carbons (Fsp3) is 0.706. The lowest BCUT2D eigenvalue weighted by molar-refractivity contribution is -0.0262. The summed E-state index contributed by atoms with van der Waals surface area (Å²) >= 11 is 0. The molecule has 3 saturated heterocycles. The van der Waals surface area contributed by atoms with Crippen LogP contribution in [0.4, 0.5) is 5.82 Å². The third kappa shape index (κ3) is 2.88. The normalized spacial score (nSPS) is 38.1. The number of imidazole rings is 1. The van der Waals surface area contributed by atoms with E-state index in [1.807, 2.05) is 0 Å². The molecular formula is C17H23N5O5. The van der Waals surface area contributed by atoms with Crippen LogP contribution < -0.4 is 5.32 Å². The van der Waals surface area contributed by atoms with Gasteiger partial charge in [-0.25, -0.2) is 15.0 Å². The van der Waals surface area contributed by atoms with Crippen molar-refractivity contribution in [1.29, 1.82) is 0 Å². The van der Waals surface area contributed by atoms with Gasteiger partial charge in [0.2, 0.25) is 0 Å². The van der Waals surface area contributed by atoms with Crippen molar-refractivity contribution in [1.82, 2.24) is 19.5 Å². The molecule has 3 aliphatic rings. The first-order valence-corrected chi connectivity index (χ1v) is 9.34. The Balaban J connectivity index is 1.36. The molecule has 5 heterocycles. The summed E-state index contributed by atoms with van der Waals surface area (Å²) in [5.74, 6) is 0.668. The van der Waals surface area contributed by atoms with Crippen molar-refractivity contribution in [3.8, 4) is 0 Å². The maximum Gasteiger partial charge on any atom is 0.165 e. The highest BCUT2D eigenvalue weighted by molar-refractivity contribution is 5.82. The van der Waals surface area contributed by atoms with Crippen molar-refractivity contribution in [2.24, 2.45) is 0 Å². The molecule has 146 valence electrons. The molecule has 0 saturated carbocycles. The molecule has 10 heteroatoms. The molecule has 2 aromatic rings. The molecule has 3 aliphatic heterocycles. The van der Waals surface area contributed by atoms with Gasteiger partial charge in [-0.2, -0.15) is 0 Å². The zero-order valence-corrected chi connectivity index (χ0v) is 14.7. The van der Waals surface area contributed by atoms with Crippen LogP contribution in [0.25, 0.3) is 11.2 Å². The van der Waals surface area contributed by atoms with E-state index in [-0.39, 0.29) is 25.3 Å². The van der Waals surface area contributed by atoms with Crippen molar-refractivity contribution in [2.75, 3.05) is 11.9 Å². The second-order valence-electron chi connectivity index (χ2n) is 7.53. The highest BCUT2D eigenvalue weighted by Crippen LogP contribution is 2.36. The molecule has 3 unspecified atom stereocenters. The number of aliphatic hydroxyl groups is 3. The Morgan fingerprint density at radius 2 is 1.96 bits per heavy atom. The number of fused-ring (bicyclic) bond motifs is 3. The number of rotatable bonds is 5. The van der Waals surface area contributed by atoms with Gasteiger partial charge in [0.15, 0.2) is 11.5 Å². The van der Waals surface area contributed by atoms with E-state index in [2.05, 4.69) is 20.3 Å². The van der Waals surface area contributed by atoms with Gasteiger partial charge in [0.1, 0.15) is 36.3 Å². The fourth-order valence-corrected chi connectivity index (χ4v) is 4.41. The third-order valence-corrected chi connectivity index (χ3v) is 5.85. The minimum absolute atomic E-state index is 0.223. The minimum atomic E-state index is -1.11. The quantitative estimate of drug-likeness (QED) is 0.519. The van der Waals surface area contributed by atoms with Crippen LogP contribution in [0.2, 0.25) is 0 Å².